The molecule has 2 aromatic heterocycles. The molecule has 0 saturated heterocycles. The van der Waals surface area contributed by atoms with Crippen molar-refractivity contribution in [2.45, 2.75) is 28.4 Å². The van der Waals surface area contributed by atoms with Gasteiger partial charge in [0.15, 0.2) is 10.8 Å². The first-order chi connectivity index (χ1) is 10.3. The zero-order chi connectivity index (χ0) is 14.7. The standard InChI is InChI=1S/C15H16N4S2/c1-2-20-12-6-5-7-13(11(12)10-16)21-15-18-17-14-8-3-4-9-19(14)15/h3-9H,2,10,16H2,1H3. The van der Waals surface area contributed by atoms with E-state index >= 15 is 0 Å². The fourth-order valence-electron chi connectivity index (χ4n) is 2.12. The van der Waals surface area contributed by atoms with Crippen LogP contribution in [0.1, 0.15) is 12.5 Å². The summed E-state index contributed by atoms with van der Waals surface area (Å²) in [6, 6.07) is 12.2. The van der Waals surface area contributed by atoms with Gasteiger partial charge in [0, 0.05) is 22.5 Å². The van der Waals surface area contributed by atoms with Crippen molar-refractivity contribution >= 4 is 29.2 Å². The molecule has 0 fully saturated rings. The van der Waals surface area contributed by atoms with Crippen LogP contribution in [-0.4, -0.2) is 20.4 Å². The lowest BCUT2D eigenvalue weighted by molar-refractivity contribution is 0.914. The average Bonchev–Trinajstić information content (AvgIpc) is 2.91. The van der Waals surface area contributed by atoms with E-state index in [9.17, 15) is 0 Å². The molecule has 108 valence electrons. The Morgan fingerprint density at radius 3 is 2.76 bits per heavy atom. The minimum Gasteiger partial charge on any atom is -0.326 e. The molecule has 0 unspecified atom stereocenters. The van der Waals surface area contributed by atoms with Crippen LogP contribution in [-0.2, 0) is 6.54 Å². The lowest BCUT2D eigenvalue weighted by Gasteiger charge is -2.11. The van der Waals surface area contributed by atoms with Crippen LogP contribution < -0.4 is 5.73 Å². The van der Waals surface area contributed by atoms with Gasteiger partial charge in [-0.3, -0.25) is 4.40 Å². The molecule has 0 aliphatic heterocycles. The van der Waals surface area contributed by atoms with Gasteiger partial charge in [-0.1, -0.05) is 19.1 Å². The van der Waals surface area contributed by atoms with E-state index in [1.54, 1.807) is 11.8 Å². The fourth-order valence-corrected chi connectivity index (χ4v) is 4.03. The van der Waals surface area contributed by atoms with Crippen LogP contribution in [0.15, 0.2) is 57.5 Å². The predicted molar refractivity (Wildman–Crippen MR) is 87.8 cm³/mol. The highest BCUT2D eigenvalue weighted by atomic mass is 32.2. The highest BCUT2D eigenvalue weighted by molar-refractivity contribution is 8.00. The van der Waals surface area contributed by atoms with Crippen molar-refractivity contribution in [3.63, 3.8) is 0 Å². The van der Waals surface area contributed by atoms with Gasteiger partial charge < -0.3 is 5.73 Å². The van der Waals surface area contributed by atoms with E-state index in [0.29, 0.717) is 6.54 Å². The summed E-state index contributed by atoms with van der Waals surface area (Å²) in [6.07, 6.45) is 1.98. The fraction of sp³-hybridized carbons (Fsp3) is 0.200. The van der Waals surface area contributed by atoms with Crippen molar-refractivity contribution < 1.29 is 0 Å². The third-order valence-corrected chi connectivity index (χ3v) is 5.12. The first-order valence-corrected chi connectivity index (χ1v) is 8.56. The number of hydrogen-bond acceptors (Lipinski definition) is 5. The van der Waals surface area contributed by atoms with E-state index in [1.807, 2.05) is 40.6 Å². The van der Waals surface area contributed by atoms with Gasteiger partial charge in [0.05, 0.1) is 0 Å². The smallest absolute Gasteiger partial charge is 0.200 e. The third kappa shape index (κ3) is 2.92. The second-order valence-electron chi connectivity index (χ2n) is 4.38. The second-order valence-corrected chi connectivity index (χ2v) is 6.70. The van der Waals surface area contributed by atoms with Gasteiger partial charge in [-0.05, 0) is 47.3 Å². The number of benzene rings is 1. The van der Waals surface area contributed by atoms with Gasteiger partial charge in [0.2, 0.25) is 0 Å². The minimum absolute atomic E-state index is 0.530. The number of nitrogens with two attached hydrogens (primary N) is 1. The molecule has 2 heterocycles. The van der Waals surface area contributed by atoms with Crippen molar-refractivity contribution in [1.29, 1.82) is 0 Å². The number of pyridine rings is 1. The average molecular weight is 316 g/mol. The molecule has 0 bridgehead atoms. The minimum atomic E-state index is 0.530. The number of thioether (sulfide) groups is 1. The van der Waals surface area contributed by atoms with E-state index in [4.69, 9.17) is 5.73 Å². The molecule has 0 atom stereocenters. The van der Waals surface area contributed by atoms with E-state index < -0.39 is 0 Å². The molecule has 0 radical (unpaired) electrons. The highest BCUT2D eigenvalue weighted by Crippen LogP contribution is 2.34. The van der Waals surface area contributed by atoms with Crippen LogP contribution in [0.3, 0.4) is 0 Å². The Bertz CT molecular complexity index is 754. The third-order valence-electron chi connectivity index (χ3n) is 3.08. The number of hydrogen-bond donors (Lipinski definition) is 1. The molecule has 0 saturated carbocycles. The van der Waals surface area contributed by atoms with Crippen LogP contribution in [0.2, 0.25) is 0 Å². The SMILES string of the molecule is CCSc1cccc(Sc2nnc3ccccn23)c1CN. The Kier molecular flexibility index (Phi) is 4.48. The largest absolute Gasteiger partial charge is 0.326 e. The molecule has 3 aromatic rings. The van der Waals surface area contributed by atoms with E-state index in [1.165, 1.54) is 10.5 Å². The molecule has 0 aliphatic carbocycles. The van der Waals surface area contributed by atoms with Crippen molar-refractivity contribution in [2.75, 3.05) is 5.75 Å². The molecule has 0 spiro atoms. The van der Waals surface area contributed by atoms with Crippen LogP contribution in [0.5, 0.6) is 0 Å². The topological polar surface area (TPSA) is 56.2 Å². The Hall–Kier alpha value is -1.50. The summed E-state index contributed by atoms with van der Waals surface area (Å²) in [5.74, 6) is 1.04. The molecule has 6 heteroatoms. The summed E-state index contributed by atoms with van der Waals surface area (Å²) in [5, 5.41) is 9.31. The number of fused-ring (bicyclic) bond motifs is 1. The molecule has 1 aromatic carbocycles. The quantitative estimate of drug-likeness (QED) is 0.731. The molecule has 21 heavy (non-hydrogen) atoms. The molecule has 0 amide bonds. The van der Waals surface area contributed by atoms with Crippen LogP contribution in [0.4, 0.5) is 0 Å². The zero-order valence-corrected chi connectivity index (χ0v) is 13.3. The summed E-state index contributed by atoms with van der Waals surface area (Å²) in [4.78, 5) is 2.40. The maximum absolute atomic E-state index is 5.95. The van der Waals surface area contributed by atoms with Crippen LogP contribution >= 0.6 is 23.5 Å². The summed E-state index contributed by atoms with van der Waals surface area (Å²) in [5.41, 5.74) is 7.99. The summed E-state index contributed by atoms with van der Waals surface area (Å²) in [6.45, 7) is 2.68. The normalized spacial score (nSPS) is 11.1. The van der Waals surface area contributed by atoms with Gasteiger partial charge in [0.25, 0.3) is 0 Å². The van der Waals surface area contributed by atoms with Gasteiger partial charge in [-0.25, -0.2) is 0 Å². The van der Waals surface area contributed by atoms with Crippen LogP contribution in [0.25, 0.3) is 5.65 Å². The van der Waals surface area contributed by atoms with Gasteiger partial charge in [0.1, 0.15) is 0 Å². The number of rotatable bonds is 5. The number of nitrogens with zero attached hydrogens (tertiary/aromatic N) is 3. The molecule has 3 rings (SSSR count). The Labute approximate surface area is 132 Å². The maximum atomic E-state index is 5.95. The van der Waals surface area contributed by atoms with Crippen molar-refractivity contribution in [3.05, 3.63) is 48.2 Å². The molecular formula is C15H16N4S2. The molecule has 0 aliphatic rings. The lowest BCUT2D eigenvalue weighted by Crippen LogP contribution is -2.01. The summed E-state index contributed by atoms with van der Waals surface area (Å²) >= 11 is 3.43. The van der Waals surface area contributed by atoms with Crippen molar-refractivity contribution in [1.82, 2.24) is 14.6 Å². The predicted octanol–water partition coefficient (Wildman–Crippen LogP) is 3.45. The summed E-state index contributed by atoms with van der Waals surface area (Å²) < 4.78 is 1.99. The van der Waals surface area contributed by atoms with E-state index in [0.717, 1.165) is 21.5 Å². The molecular weight excluding hydrogens is 300 g/mol. The molecule has 4 nitrogen and oxygen atoms in total. The first kappa shape index (κ1) is 14.4. The Morgan fingerprint density at radius 1 is 1.10 bits per heavy atom. The monoisotopic (exact) mass is 316 g/mol. The second kappa shape index (κ2) is 6.51. The Morgan fingerprint density at radius 2 is 1.95 bits per heavy atom. The molecule has 2 N–H and O–H groups in total. The van der Waals surface area contributed by atoms with E-state index in [2.05, 4.69) is 35.3 Å². The lowest BCUT2D eigenvalue weighted by atomic mass is 10.2. The van der Waals surface area contributed by atoms with Crippen molar-refractivity contribution in [3.8, 4) is 0 Å². The van der Waals surface area contributed by atoms with Crippen molar-refractivity contribution in [2.24, 2.45) is 5.73 Å². The van der Waals surface area contributed by atoms with Gasteiger partial charge >= 0.3 is 0 Å². The first-order valence-electron chi connectivity index (χ1n) is 6.76. The van der Waals surface area contributed by atoms with Gasteiger partial charge in [-0.2, -0.15) is 0 Å². The van der Waals surface area contributed by atoms with Gasteiger partial charge in [-0.15, -0.1) is 22.0 Å². The number of aromatic nitrogens is 3. The Balaban J connectivity index is 1.99. The highest BCUT2D eigenvalue weighted by Gasteiger charge is 2.12. The summed E-state index contributed by atoms with van der Waals surface area (Å²) in [7, 11) is 0. The van der Waals surface area contributed by atoms with Crippen LogP contribution in [0, 0.1) is 0 Å². The zero-order valence-electron chi connectivity index (χ0n) is 11.7. The van der Waals surface area contributed by atoms with E-state index in [-0.39, 0.29) is 0 Å². The maximum Gasteiger partial charge on any atom is 0.200 e.